The predicted octanol–water partition coefficient (Wildman–Crippen LogP) is 4.07. The van der Waals surface area contributed by atoms with E-state index in [0.717, 1.165) is 21.9 Å². The number of hydrogen-bond donors (Lipinski definition) is 2. The molecule has 0 heterocycles. The summed E-state index contributed by atoms with van der Waals surface area (Å²) >= 11 is 0. The Morgan fingerprint density at radius 2 is 1.79 bits per heavy atom. The molecule has 1 amide bonds. The van der Waals surface area contributed by atoms with E-state index in [-0.39, 0.29) is 18.2 Å². The highest BCUT2D eigenvalue weighted by Crippen LogP contribution is 2.23. The summed E-state index contributed by atoms with van der Waals surface area (Å²) in [7, 11) is 0. The maximum Gasteiger partial charge on any atom is 0.305 e. The summed E-state index contributed by atoms with van der Waals surface area (Å²) in [6.07, 6.45) is 0.438. The van der Waals surface area contributed by atoms with Gasteiger partial charge in [-0.05, 0) is 35.7 Å². The van der Waals surface area contributed by atoms with Gasteiger partial charge in [0.15, 0.2) is 0 Å². The molecular weight excluding hydrogens is 302 g/mol. The molecular formula is C20H23NO3. The number of carbonyl (C=O) groups is 2. The Bertz CT molecular complexity index is 766. The largest absolute Gasteiger partial charge is 0.481 e. The lowest BCUT2D eigenvalue weighted by Crippen LogP contribution is -2.34. The molecule has 126 valence electrons. The van der Waals surface area contributed by atoms with Crippen LogP contribution < -0.4 is 5.32 Å². The van der Waals surface area contributed by atoms with Gasteiger partial charge in [-0.15, -0.1) is 6.58 Å². The molecule has 1 unspecified atom stereocenters. The third-order valence-corrected chi connectivity index (χ3v) is 3.97. The number of carbonyl (C=O) groups excluding carboxylic acids is 1. The Morgan fingerprint density at radius 3 is 2.42 bits per heavy atom. The van der Waals surface area contributed by atoms with Gasteiger partial charge in [-0.3, -0.25) is 9.59 Å². The quantitative estimate of drug-likeness (QED) is 0.754. The molecule has 0 aliphatic rings. The maximum atomic E-state index is 12.4. The minimum Gasteiger partial charge on any atom is -0.481 e. The first kappa shape index (κ1) is 17.7. The van der Waals surface area contributed by atoms with E-state index < -0.39 is 12.0 Å². The molecule has 24 heavy (non-hydrogen) atoms. The van der Waals surface area contributed by atoms with Crippen molar-refractivity contribution in [3.05, 3.63) is 60.2 Å². The number of amides is 1. The summed E-state index contributed by atoms with van der Waals surface area (Å²) in [6, 6.07) is 13.1. The molecule has 2 rings (SSSR count). The normalized spacial score (nSPS) is 13.2. The zero-order valence-electron chi connectivity index (χ0n) is 14.1. The van der Waals surface area contributed by atoms with Crippen molar-refractivity contribution in [2.24, 2.45) is 5.92 Å². The summed E-state index contributed by atoms with van der Waals surface area (Å²) < 4.78 is 0. The van der Waals surface area contributed by atoms with E-state index in [1.54, 1.807) is 0 Å². The minimum atomic E-state index is -0.944. The van der Waals surface area contributed by atoms with Crippen LogP contribution in [0.4, 0.5) is 0 Å². The molecule has 0 radical (unpaired) electrons. The lowest BCUT2D eigenvalue weighted by molar-refractivity contribution is -0.137. The number of nitrogens with one attached hydrogen (secondary N) is 1. The SMILES string of the molecule is C=C(C)CC(C)C(=O)N[C@@H](CC(=O)O)c1ccc2ccccc2c1. The molecule has 0 saturated carbocycles. The molecule has 0 aliphatic heterocycles. The first-order valence-electron chi connectivity index (χ1n) is 8.02. The fourth-order valence-electron chi connectivity index (χ4n) is 2.78. The molecule has 2 atom stereocenters. The lowest BCUT2D eigenvalue weighted by Gasteiger charge is -2.21. The molecule has 0 saturated heterocycles. The summed E-state index contributed by atoms with van der Waals surface area (Å²) in [5.74, 6) is -1.34. The van der Waals surface area contributed by atoms with Crippen LogP contribution in [0.25, 0.3) is 10.8 Å². The number of carboxylic acids is 1. The monoisotopic (exact) mass is 325 g/mol. The molecule has 0 fully saturated rings. The molecule has 2 N–H and O–H groups in total. The van der Waals surface area contributed by atoms with Crippen LogP contribution in [-0.4, -0.2) is 17.0 Å². The van der Waals surface area contributed by atoms with Crippen molar-refractivity contribution in [2.45, 2.75) is 32.7 Å². The fraction of sp³-hybridized carbons (Fsp3) is 0.300. The lowest BCUT2D eigenvalue weighted by atomic mass is 9.97. The summed E-state index contributed by atoms with van der Waals surface area (Å²) in [4.78, 5) is 23.6. The first-order chi connectivity index (χ1) is 11.4. The molecule has 0 bridgehead atoms. The fourth-order valence-corrected chi connectivity index (χ4v) is 2.78. The molecule has 4 heteroatoms. The Balaban J connectivity index is 2.24. The van der Waals surface area contributed by atoms with Gasteiger partial charge >= 0.3 is 5.97 Å². The zero-order chi connectivity index (χ0) is 17.7. The summed E-state index contributed by atoms with van der Waals surface area (Å²) in [5.41, 5.74) is 1.73. The number of carboxylic acid groups (broad SMARTS) is 1. The Morgan fingerprint density at radius 1 is 1.12 bits per heavy atom. The van der Waals surface area contributed by atoms with Crippen molar-refractivity contribution >= 4 is 22.6 Å². The smallest absolute Gasteiger partial charge is 0.305 e. The molecule has 0 spiro atoms. The Kier molecular flexibility index (Phi) is 5.74. The standard InChI is InChI=1S/C20H23NO3/c1-13(2)10-14(3)20(24)21-18(12-19(22)23)17-9-8-15-6-4-5-7-16(15)11-17/h4-9,11,14,18H,1,10,12H2,2-3H3,(H,21,24)(H,22,23)/t14?,18-/m0/s1. The third kappa shape index (κ3) is 4.69. The van der Waals surface area contributed by atoms with Crippen LogP contribution >= 0.6 is 0 Å². The third-order valence-electron chi connectivity index (χ3n) is 3.97. The average Bonchev–Trinajstić information content (AvgIpc) is 2.52. The van der Waals surface area contributed by atoms with Crippen molar-refractivity contribution in [3.63, 3.8) is 0 Å². The molecule has 0 aliphatic carbocycles. The zero-order valence-corrected chi connectivity index (χ0v) is 14.1. The van der Waals surface area contributed by atoms with E-state index in [4.69, 9.17) is 0 Å². The van der Waals surface area contributed by atoms with E-state index in [1.165, 1.54) is 0 Å². The van der Waals surface area contributed by atoms with Gasteiger partial charge in [-0.1, -0.05) is 48.9 Å². The van der Waals surface area contributed by atoms with E-state index in [9.17, 15) is 14.7 Å². The van der Waals surface area contributed by atoms with Crippen molar-refractivity contribution in [3.8, 4) is 0 Å². The maximum absolute atomic E-state index is 12.4. The van der Waals surface area contributed by atoms with Crippen molar-refractivity contribution in [1.29, 1.82) is 0 Å². The van der Waals surface area contributed by atoms with E-state index in [1.807, 2.05) is 56.3 Å². The topological polar surface area (TPSA) is 66.4 Å². The molecule has 2 aromatic rings. The second-order valence-corrected chi connectivity index (χ2v) is 6.33. The van der Waals surface area contributed by atoms with Crippen molar-refractivity contribution < 1.29 is 14.7 Å². The average molecular weight is 325 g/mol. The van der Waals surface area contributed by atoms with Crippen LogP contribution in [0.1, 0.15) is 38.3 Å². The van der Waals surface area contributed by atoms with Crippen LogP contribution in [0.3, 0.4) is 0 Å². The second-order valence-electron chi connectivity index (χ2n) is 6.33. The number of aliphatic carboxylic acids is 1. The van der Waals surface area contributed by atoms with Crippen molar-refractivity contribution in [2.75, 3.05) is 0 Å². The first-order valence-corrected chi connectivity index (χ1v) is 8.02. The number of hydrogen-bond acceptors (Lipinski definition) is 2. The van der Waals surface area contributed by atoms with Crippen LogP contribution in [0, 0.1) is 5.92 Å². The van der Waals surface area contributed by atoms with E-state index >= 15 is 0 Å². The van der Waals surface area contributed by atoms with Gasteiger partial charge < -0.3 is 10.4 Å². The van der Waals surface area contributed by atoms with E-state index in [2.05, 4.69) is 11.9 Å². The molecule has 0 aromatic heterocycles. The van der Waals surface area contributed by atoms with E-state index in [0.29, 0.717) is 6.42 Å². The van der Waals surface area contributed by atoms with Gasteiger partial charge in [-0.2, -0.15) is 0 Å². The number of rotatable bonds is 7. The summed E-state index contributed by atoms with van der Waals surface area (Å²) in [5, 5.41) is 14.2. The Hall–Kier alpha value is -2.62. The van der Waals surface area contributed by atoms with Gasteiger partial charge in [0, 0.05) is 5.92 Å². The highest BCUT2D eigenvalue weighted by Gasteiger charge is 2.21. The van der Waals surface area contributed by atoms with Gasteiger partial charge in [0.2, 0.25) is 5.91 Å². The minimum absolute atomic E-state index is 0.149. The van der Waals surface area contributed by atoms with Gasteiger partial charge in [0.1, 0.15) is 0 Å². The van der Waals surface area contributed by atoms with Crippen LogP contribution in [0.15, 0.2) is 54.6 Å². The van der Waals surface area contributed by atoms with Crippen LogP contribution in [0.2, 0.25) is 0 Å². The predicted molar refractivity (Wildman–Crippen MR) is 95.7 cm³/mol. The molecule has 2 aromatic carbocycles. The second kappa shape index (κ2) is 7.77. The number of allylic oxidation sites excluding steroid dienone is 1. The van der Waals surface area contributed by atoms with Gasteiger partial charge in [-0.25, -0.2) is 0 Å². The number of fused-ring (bicyclic) bond motifs is 1. The Labute approximate surface area is 142 Å². The van der Waals surface area contributed by atoms with Gasteiger partial charge in [0.25, 0.3) is 0 Å². The van der Waals surface area contributed by atoms with Gasteiger partial charge in [0.05, 0.1) is 12.5 Å². The van der Waals surface area contributed by atoms with Crippen LogP contribution in [0.5, 0.6) is 0 Å². The highest BCUT2D eigenvalue weighted by molar-refractivity contribution is 5.84. The number of benzene rings is 2. The summed E-state index contributed by atoms with van der Waals surface area (Å²) in [6.45, 7) is 7.52. The molecule has 4 nitrogen and oxygen atoms in total. The van der Waals surface area contributed by atoms with Crippen molar-refractivity contribution in [1.82, 2.24) is 5.32 Å². The highest BCUT2D eigenvalue weighted by atomic mass is 16.4. The van der Waals surface area contributed by atoms with Crippen LogP contribution in [-0.2, 0) is 9.59 Å².